The lowest BCUT2D eigenvalue weighted by Crippen LogP contribution is -2.40. The Balaban J connectivity index is 2.03. The van der Waals surface area contributed by atoms with E-state index in [1.54, 1.807) is 18.1 Å². The van der Waals surface area contributed by atoms with Crippen LogP contribution in [0.5, 0.6) is 0 Å². The molecule has 0 unspecified atom stereocenters. The lowest BCUT2D eigenvalue weighted by Gasteiger charge is -2.22. The van der Waals surface area contributed by atoms with Gasteiger partial charge in [0.05, 0.1) is 5.69 Å². The van der Waals surface area contributed by atoms with E-state index < -0.39 is 0 Å². The summed E-state index contributed by atoms with van der Waals surface area (Å²) in [7, 11) is 1.80. The highest BCUT2D eigenvalue weighted by Gasteiger charge is 2.11. The molecular weight excluding hydrogens is 264 g/mol. The van der Waals surface area contributed by atoms with E-state index in [1.807, 2.05) is 49.8 Å². The van der Waals surface area contributed by atoms with Gasteiger partial charge in [-0.25, -0.2) is 9.48 Å². The summed E-state index contributed by atoms with van der Waals surface area (Å²) in [5.74, 6) is 0. The van der Waals surface area contributed by atoms with Crippen LogP contribution >= 0.6 is 0 Å². The Morgan fingerprint density at radius 1 is 1.43 bits per heavy atom. The number of aryl methyl sites for hydroxylation is 1. The fourth-order valence-electron chi connectivity index (χ4n) is 1.97. The van der Waals surface area contributed by atoms with E-state index in [1.165, 1.54) is 0 Å². The van der Waals surface area contributed by atoms with Crippen LogP contribution in [0.25, 0.3) is 5.69 Å². The maximum atomic E-state index is 11.9. The van der Waals surface area contributed by atoms with Crippen LogP contribution in [0.15, 0.2) is 36.7 Å². The zero-order valence-corrected chi connectivity index (χ0v) is 13.0. The van der Waals surface area contributed by atoms with E-state index in [-0.39, 0.29) is 12.1 Å². The molecule has 0 radical (unpaired) electrons. The highest BCUT2D eigenvalue weighted by Crippen LogP contribution is 2.14. The van der Waals surface area contributed by atoms with E-state index in [4.69, 9.17) is 0 Å². The number of amides is 2. The van der Waals surface area contributed by atoms with E-state index in [9.17, 15) is 4.79 Å². The first-order valence-electron chi connectivity index (χ1n) is 7.09. The van der Waals surface area contributed by atoms with Gasteiger partial charge >= 0.3 is 6.03 Å². The SMILES string of the molecule is Cc1cc(-n2cccn2)ccc1CNC(=O)N(C)C(C)C. The predicted molar refractivity (Wildman–Crippen MR) is 83.4 cm³/mol. The van der Waals surface area contributed by atoms with E-state index in [0.717, 1.165) is 16.8 Å². The molecule has 2 aromatic rings. The number of nitrogens with zero attached hydrogens (tertiary/aromatic N) is 3. The third-order valence-electron chi connectivity index (χ3n) is 3.62. The molecule has 0 aliphatic carbocycles. The first kappa shape index (κ1) is 15.1. The number of nitrogens with one attached hydrogen (secondary N) is 1. The summed E-state index contributed by atoms with van der Waals surface area (Å²) in [4.78, 5) is 13.6. The number of carbonyl (C=O) groups excluding carboxylic acids is 1. The minimum Gasteiger partial charge on any atom is -0.334 e. The van der Waals surface area contributed by atoms with Crippen LogP contribution in [0.4, 0.5) is 4.79 Å². The minimum atomic E-state index is -0.0550. The molecule has 0 bridgehead atoms. The van der Waals surface area contributed by atoms with Crippen molar-refractivity contribution in [2.45, 2.75) is 33.4 Å². The van der Waals surface area contributed by atoms with Gasteiger partial charge < -0.3 is 10.2 Å². The second-order valence-corrected chi connectivity index (χ2v) is 5.42. The largest absolute Gasteiger partial charge is 0.334 e. The van der Waals surface area contributed by atoms with Crippen molar-refractivity contribution in [3.8, 4) is 5.69 Å². The van der Waals surface area contributed by atoms with Crippen LogP contribution in [0.1, 0.15) is 25.0 Å². The maximum Gasteiger partial charge on any atom is 0.317 e. The monoisotopic (exact) mass is 286 g/mol. The molecule has 1 aromatic heterocycles. The summed E-state index contributed by atoms with van der Waals surface area (Å²) in [6, 6.07) is 8.13. The molecule has 0 spiro atoms. The van der Waals surface area contributed by atoms with Gasteiger partial charge in [0.15, 0.2) is 0 Å². The molecular formula is C16H22N4O. The van der Waals surface area contributed by atoms with Crippen molar-refractivity contribution in [1.82, 2.24) is 20.0 Å². The number of benzene rings is 1. The molecule has 1 N–H and O–H groups in total. The zero-order valence-electron chi connectivity index (χ0n) is 13.0. The standard InChI is InChI=1S/C16H22N4O/c1-12(2)19(4)16(21)17-11-14-6-7-15(10-13(14)3)20-9-5-8-18-20/h5-10,12H,11H2,1-4H3,(H,17,21). The second-order valence-electron chi connectivity index (χ2n) is 5.42. The Hall–Kier alpha value is -2.30. The van der Waals surface area contributed by atoms with Gasteiger partial charge in [-0.15, -0.1) is 0 Å². The summed E-state index contributed by atoms with van der Waals surface area (Å²) in [6.45, 7) is 6.55. The number of aromatic nitrogens is 2. The van der Waals surface area contributed by atoms with Gasteiger partial charge in [0.25, 0.3) is 0 Å². The molecule has 0 fully saturated rings. The molecule has 0 saturated carbocycles. The maximum absolute atomic E-state index is 11.9. The van der Waals surface area contributed by atoms with Crippen molar-refractivity contribution in [2.24, 2.45) is 0 Å². The molecule has 2 rings (SSSR count). The van der Waals surface area contributed by atoms with Crippen molar-refractivity contribution < 1.29 is 4.79 Å². The number of rotatable bonds is 4. The third-order valence-corrected chi connectivity index (χ3v) is 3.62. The van der Waals surface area contributed by atoms with Gasteiger partial charge in [-0.2, -0.15) is 5.10 Å². The lowest BCUT2D eigenvalue weighted by molar-refractivity contribution is 0.197. The first-order chi connectivity index (χ1) is 9.99. The summed E-state index contributed by atoms with van der Waals surface area (Å²) in [6.07, 6.45) is 3.67. The Morgan fingerprint density at radius 3 is 2.76 bits per heavy atom. The third kappa shape index (κ3) is 3.62. The number of urea groups is 1. The topological polar surface area (TPSA) is 50.2 Å². The van der Waals surface area contributed by atoms with Crippen LogP contribution in [-0.4, -0.2) is 33.8 Å². The minimum absolute atomic E-state index is 0.0550. The van der Waals surface area contributed by atoms with E-state index >= 15 is 0 Å². The Morgan fingerprint density at radius 2 is 2.19 bits per heavy atom. The molecule has 1 aromatic carbocycles. The van der Waals surface area contributed by atoms with Crippen LogP contribution < -0.4 is 5.32 Å². The molecule has 0 atom stereocenters. The van der Waals surface area contributed by atoms with Crippen molar-refractivity contribution in [1.29, 1.82) is 0 Å². The molecule has 112 valence electrons. The van der Waals surface area contributed by atoms with Crippen molar-refractivity contribution >= 4 is 6.03 Å². The summed E-state index contributed by atoms with van der Waals surface area (Å²) in [5.41, 5.74) is 3.26. The lowest BCUT2D eigenvalue weighted by atomic mass is 10.1. The van der Waals surface area contributed by atoms with Gasteiger partial charge in [0.1, 0.15) is 0 Å². The Bertz CT molecular complexity index is 605. The summed E-state index contributed by atoms with van der Waals surface area (Å²) in [5, 5.41) is 7.15. The fourth-order valence-corrected chi connectivity index (χ4v) is 1.97. The average molecular weight is 286 g/mol. The Kier molecular flexibility index (Phi) is 4.62. The number of hydrogen-bond donors (Lipinski definition) is 1. The van der Waals surface area contributed by atoms with Gasteiger partial charge in [0, 0.05) is 32.0 Å². The van der Waals surface area contributed by atoms with Crippen molar-refractivity contribution in [3.63, 3.8) is 0 Å². The van der Waals surface area contributed by atoms with Crippen LogP contribution in [-0.2, 0) is 6.54 Å². The van der Waals surface area contributed by atoms with E-state index in [0.29, 0.717) is 6.54 Å². The fraction of sp³-hybridized carbons (Fsp3) is 0.375. The molecule has 1 heterocycles. The number of carbonyl (C=O) groups is 1. The normalized spacial score (nSPS) is 10.7. The number of hydrogen-bond acceptors (Lipinski definition) is 2. The van der Waals surface area contributed by atoms with E-state index in [2.05, 4.69) is 16.5 Å². The molecule has 5 nitrogen and oxygen atoms in total. The van der Waals surface area contributed by atoms with Crippen molar-refractivity contribution in [2.75, 3.05) is 7.05 Å². The average Bonchev–Trinajstić information content (AvgIpc) is 2.98. The van der Waals surface area contributed by atoms with Gasteiger partial charge in [0.2, 0.25) is 0 Å². The van der Waals surface area contributed by atoms with Crippen molar-refractivity contribution in [3.05, 3.63) is 47.8 Å². The highest BCUT2D eigenvalue weighted by atomic mass is 16.2. The van der Waals surface area contributed by atoms with Crippen LogP contribution in [0.3, 0.4) is 0 Å². The first-order valence-corrected chi connectivity index (χ1v) is 7.09. The smallest absolute Gasteiger partial charge is 0.317 e. The van der Waals surface area contributed by atoms with Gasteiger partial charge in [-0.05, 0) is 50.1 Å². The van der Waals surface area contributed by atoms with Gasteiger partial charge in [-0.3, -0.25) is 0 Å². The molecule has 21 heavy (non-hydrogen) atoms. The molecule has 2 amide bonds. The van der Waals surface area contributed by atoms with Gasteiger partial charge in [-0.1, -0.05) is 6.07 Å². The molecule has 0 aliphatic heterocycles. The second kappa shape index (κ2) is 6.43. The Labute approximate surface area is 125 Å². The predicted octanol–water partition coefficient (Wildman–Crippen LogP) is 2.73. The molecule has 5 heteroatoms. The summed E-state index contributed by atoms with van der Waals surface area (Å²) < 4.78 is 1.82. The highest BCUT2D eigenvalue weighted by molar-refractivity contribution is 5.74. The molecule has 0 aliphatic rings. The summed E-state index contributed by atoms with van der Waals surface area (Å²) >= 11 is 0. The van der Waals surface area contributed by atoms with Crippen LogP contribution in [0.2, 0.25) is 0 Å². The van der Waals surface area contributed by atoms with Crippen LogP contribution in [0, 0.1) is 6.92 Å². The molecule has 0 saturated heterocycles. The quantitative estimate of drug-likeness (QED) is 0.939. The zero-order chi connectivity index (χ0) is 15.4.